The smallest absolute Gasteiger partial charge is 0.136 e. The van der Waals surface area contributed by atoms with Crippen molar-refractivity contribution in [3.05, 3.63) is 59.2 Å². The molecule has 0 heterocycles. The van der Waals surface area contributed by atoms with Crippen LogP contribution in [0.4, 0.5) is 0 Å². The van der Waals surface area contributed by atoms with Gasteiger partial charge in [0.1, 0.15) is 11.8 Å². The third-order valence-corrected chi connectivity index (χ3v) is 4.13. The van der Waals surface area contributed by atoms with E-state index in [0.29, 0.717) is 11.3 Å². The minimum Gasteiger partial charge on any atom is -0.495 e. The van der Waals surface area contributed by atoms with E-state index in [-0.39, 0.29) is 0 Å². The molecule has 108 valence electrons. The van der Waals surface area contributed by atoms with Crippen LogP contribution in [0.25, 0.3) is 0 Å². The maximum Gasteiger partial charge on any atom is 0.136 e. The number of nitriles is 1. The molecular formula is C17H18N2OS. The molecule has 0 radical (unpaired) electrons. The Balaban J connectivity index is 2.06. The van der Waals surface area contributed by atoms with Gasteiger partial charge in [-0.3, -0.25) is 0 Å². The van der Waals surface area contributed by atoms with Gasteiger partial charge in [-0.25, -0.2) is 0 Å². The lowest BCUT2D eigenvalue weighted by Crippen LogP contribution is -2.04. The molecule has 0 aliphatic carbocycles. The maximum atomic E-state index is 9.11. The van der Waals surface area contributed by atoms with Crippen molar-refractivity contribution >= 4 is 11.8 Å². The molecule has 0 aliphatic rings. The highest BCUT2D eigenvalue weighted by molar-refractivity contribution is 7.98. The summed E-state index contributed by atoms with van der Waals surface area (Å²) in [5.74, 6) is 1.46. The van der Waals surface area contributed by atoms with Crippen molar-refractivity contribution in [2.24, 2.45) is 0 Å². The molecule has 2 aromatic carbocycles. The van der Waals surface area contributed by atoms with Crippen LogP contribution in [0.2, 0.25) is 0 Å². The number of nitrogens with one attached hydrogen (secondary N) is 1. The zero-order chi connectivity index (χ0) is 15.1. The Kier molecular flexibility index (Phi) is 5.68. The van der Waals surface area contributed by atoms with Crippen LogP contribution < -0.4 is 10.1 Å². The summed E-state index contributed by atoms with van der Waals surface area (Å²) in [4.78, 5) is 1.23. The van der Waals surface area contributed by atoms with Crippen LogP contribution in [0, 0.1) is 11.3 Å². The van der Waals surface area contributed by atoms with Gasteiger partial charge in [0.2, 0.25) is 0 Å². The van der Waals surface area contributed by atoms with E-state index < -0.39 is 0 Å². The number of methoxy groups -OCH3 is 1. The van der Waals surface area contributed by atoms with Crippen LogP contribution in [0.3, 0.4) is 0 Å². The molecule has 1 N–H and O–H groups in total. The third kappa shape index (κ3) is 4.25. The molecule has 0 amide bonds. The molecule has 3 nitrogen and oxygen atoms in total. The van der Waals surface area contributed by atoms with Gasteiger partial charge in [-0.05, 0) is 42.4 Å². The highest BCUT2D eigenvalue weighted by atomic mass is 32.2. The van der Waals surface area contributed by atoms with Crippen molar-refractivity contribution in [3.8, 4) is 11.8 Å². The van der Waals surface area contributed by atoms with E-state index in [1.165, 1.54) is 10.5 Å². The Morgan fingerprint density at radius 2 is 2.05 bits per heavy atom. The van der Waals surface area contributed by atoms with E-state index in [0.717, 1.165) is 17.9 Å². The summed E-state index contributed by atoms with van der Waals surface area (Å²) in [6.07, 6.45) is 0. The summed E-state index contributed by atoms with van der Waals surface area (Å²) >= 11 is 1.77. The lowest BCUT2D eigenvalue weighted by Gasteiger charge is -2.07. The minimum absolute atomic E-state index is 0.583. The average Bonchev–Trinajstić information content (AvgIpc) is 2.53. The average molecular weight is 298 g/mol. The second-order valence-electron chi connectivity index (χ2n) is 4.61. The molecule has 21 heavy (non-hydrogen) atoms. The number of ether oxygens (including phenoxy) is 1. The Morgan fingerprint density at radius 1 is 1.19 bits per heavy atom. The second-order valence-corrected chi connectivity index (χ2v) is 5.66. The number of thioether (sulfide) groups is 1. The maximum absolute atomic E-state index is 9.11. The van der Waals surface area contributed by atoms with Gasteiger partial charge in [0, 0.05) is 17.2 Å². The third-order valence-electron chi connectivity index (χ3n) is 3.07. The van der Waals surface area contributed by atoms with Crippen LogP contribution >= 0.6 is 11.8 Å². The summed E-state index contributed by atoms with van der Waals surface area (Å²) in [6, 6.07) is 16.4. The van der Waals surface area contributed by atoms with Crippen molar-refractivity contribution in [1.82, 2.24) is 5.32 Å². The first-order valence-electron chi connectivity index (χ1n) is 6.70. The topological polar surface area (TPSA) is 45.0 Å². The molecule has 0 spiro atoms. The number of hydrogen-bond donors (Lipinski definition) is 1. The van der Waals surface area contributed by atoms with Crippen LogP contribution in [0.1, 0.15) is 16.7 Å². The Hall–Kier alpha value is -1.96. The zero-order valence-corrected chi connectivity index (χ0v) is 13.0. The number of hydrogen-bond acceptors (Lipinski definition) is 4. The fourth-order valence-corrected chi connectivity index (χ4v) is 2.97. The predicted molar refractivity (Wildman–Crippen MR) is 86.5 cm³/mol. The first kappa shape index (κ1) is 15.4. The van der Waals surface area contributed by atoms with E-state index >= 15 is 0 Å². The van der Waals surface area contributed by atoms with Gasteiger partial charge in [0.15, 0.2) is 0 Å². The molecule has 0 saturated carbocycles. The standard InChI is InChI=1S/C17H18N2OS/c1-19-11-13-4-3-5-16(9-13)21-12-14-6-7-17(20-2)15(8-14)10-18/h3-9,19H,11-12H2,1-2H3. The zero-order valence-electron chi connectivity index (χ0n) is 12.2. The van der Waals surface area contributed by atoms with E-state index in [4.69, 9.17) is 10.00 Å². The van der Waals surface area contributed by atoms with Gasteiger partial charge < -0.3 is 10.1 Å². The van der Waals surface area contributed by atoms with Crippen molar-refractivity contribution < 1.29 is 4.74 Å². The minimum atomic E-state index is 0.583. The van der Waals surface area contributed by atoms with Crippen molar-refractivity contribution in [1.29, 1.82) is 5.26 Å². The lowest BCUT2D eigenvalue weighted by atomic mass is 10.1. The largest absolute Gasteiger partial charge is 0.495 e. The summed E-state index contributed by atoms with van der Waals surface area (Å²) in [5, 5.41) is 12.3. The molecule has 0 bridgehead atoms. The van der Waals surface area contributed by atoms with Gasteiger partial charge >= 0.3 is 0 Å². The van der Waals surface area contributed by atoms with Crippen LogP contribution in [0.15, 0.2) is 47.4 Å². The highest BCUT2D eigenvalue weighted by Gasteiger charge is 2.04. The summed E-state index contributed by atoms with van der Waals surface area (Å²) in [6.45, 7) is 0.871. The second kappa shape index (κ2) is 7.72. The van der Waals surface area contributed by atoms with Gasteiger partial charge in [-0.15, -0.1) is 11.8 Å². The van der Waals surface area contributed by atoms with Gasteiger partial charge in [-0.1, -0.05) is 18.2 Å². The molecule has 0 atom stereocenters. The number of benzene rings is 2. The molecular weight excluding hydrogens is 280 g/mol. The number of rotatable bonds is 6. The Labute approximate surface area is 129 Å². The molecule has 0 aromatic heterocycles. The van der Waals surface area contributed by atoms with E-state index in [2.05, 4.69) is 35.7 Å². The normalized spacial score (nSPS) is 10.1. The van der Waals surface area contributed by atoms with Gasteiger partial charge in [0.05, 0.1) is 12.7 Å². The summed E-state index contributed by atoms with van der Waals surface area (Å²) in [5.41, 5.74) is 2.98. The van der Waals surface area contributed by atoms with Crippen LogP contribution in [-0.2, 0) is 12.3 Å². The first-order valence-corrected chi connectivity index (χ1v) is 7.68. The van der Waals surface area contributed by atoms with Gasteiger partial charge in [0.25, 0.3) is 0 Å². The molecule has 4 heteroatoms. The number of nitrogens with zero attached hydrogens (tertiary/aromatic N) is 1. The van der Waals surface area contributed by atoms with Crippen molar-refractivity contribution in [3.63, 3.8) is 0 Å². The first-order chi connectivity index (χ1) is 10.3. The van der Waals surface area contributed by atoms with Gasteiger partial charge in [-0.2, -0.15) is 5.26 Å². The van der Waals surface area contributed by atoms with E-state index in [1.807, 2.05) is 25.2 Å². The molecule has 0 fully saturated rings. The molecule has 0 aliphatic heterocycles. The van der Waals surface area contributed by atoms with E-state index in [9.17, 15) is 0 Å². The SMILES string of the molecule is CNCc1cccc(SCc2ccc(OC)c(C#N)c2)c1. The fourth-order valence-electron chi connectivity index (χ4n) is 2.05. The van der Waals surface area contributed by atoms with E-state index in [1.54, 1.807) is 18.9 Å². The summed E-state index contributed by atoms with van der Waals surface area (Å²) in [7, 11) is 3.53. The Morgan fingerprint density at radius 3 is 2.76 bits per heavy atom. The Bertz CT molecular complexity index is 649. The van der Waals surface area contributed by atoms with Crippen molar-refractivity contribution in [2.75, 3.05) is 14.2 Å². The fraction of sp³-hybridized carbons (Fsp3) is 0.235. The predicted octanol–water partition coefficient (Wildman–Crippen LogP) is 3.58. The molecule has 0 unspecified atom stereocenters. The summed E-state index contributed by atoms with van der Waals surface area (Å²) < 4.78 is 5.16. The highest BCUT2D eigenvalue weighted by Crippen LogP contribution is 2.26. The molecule has 0 saturated heterocycles. The lowest BCUT2D eigenvalue weighted by molar-refractivity contribution is 0.413. The van der Waals surface area contributed by atoms with Crippen LogP contribution in [-0.4, -0.2) is 14.2 Å². The monoisotopic (exact) mass is 298 g/mol. The molecule has 2 aromatic rings. The van der Waals surface area contributed by atoms with Crippen molar-refractivity contribution in [2.45, 2.75) is 17.2 Å². The van der Waals surface area contributed by atoms with Crippen LogP contribution in [0.5, 0.6) is 5.75 Å². The molecule has 2 rings (SSSR count). The quantitative estimate of drug-likeness (QED) is 0.828.